The minimum absolute atomic E-state index is 0.0499. The van der Waals surface area contributed by atoms with Crippen molar-refractivity contribution in [3.63, 3.8) is 0 Å². The van der Waals surface area contributed by atoms with Crippen molar-refractivity contribution in [3.8, 4) is 0 Å². The summed E-state index contributed by atoms with van der Waals surface area (Å²) in [6.45, 7) is 10.1. The van der Waals surface area contributed by atoms with Gasteiger partial charge < -0.3 is 9.33 Å². The van der Waals surface area contributed by atoms with E-state index in [0.29, 0.717) is 11.1 Å². The normalized spacial score (nSPS) is 14.3. The van der Waals surface area contributed by atoms with E-state index in [1.807, 2.05) is 12.1 Å². The van der Waals surface area contributed by atoms with E-state index in [9.17, 15) is 9.59 Å². The summed E-state index contributed by atoms with van der Waals surface area (Å²) in [5.41, 5.74) is 6.65. The Hall–Kier alpha value is -4.43. The highest BCUT2D eigenvalue weighted by atomic mass is 32.2. The van der Waals surface area contributed by atoms with E-state index in [1.54, 1.807) is 23.9 Å². The summed E-state index contributed by atoms with van der Waals surface area (Å²) in [5.74, 6) is -0.474. The Morgan fingerprint density at radius 2 is 1.20 bits per heavy atom. The van der Waals surface area contributed by atoms with Crippen molar-refractivity contribution >= 4 is 44.7 Å². The number of carbonyl (C=O) groups is 2. The van der Waals surface area contributed by atoms with E-state index in [-0.39, 0.29) is 23.4 Å². The van der Waals surface area contributed by atoms with Crippen molar-refractivity contribution < 1.29 is 14.0 Å². The zero-order chi connectivity index (χ0) is 35.6. The summed E-state index contributed by atoms with van der Waals surface area (Å²) >= 11 is 1.75. The third-order valence-corrected chi connectivity index (χ3v) is 12.5. The molecular weight excluding hydrogens is 665 g/mol. The molecule has 0 aliphatic carbocycles. The highest BCUT2D eigenvalue weighted by molar-refractivity contribution is 7.99. The maximum atomic E-state index is 13.6. The molecule has 2 heterocycles. The standard InChI is InChI=1S/C44H46N2O3SSi/c1-5-6-7-16-29-45-37-27-17-19-31(30-46-41(47)34-24-14-15-25-35(34)42(46)48)39(37)50-40-36(26-18-28-38(40)45)44(49-51-43(2,3)4,32-20-10-8-11-21-32)33-22-12-9-13-23-33/h8-15,17-28H,5-7,16,29-30,51H2,1-4H3. The smallest absolute Gasteiger partial charge is 0.261 e. The second-order valence-electron chi connectivity index (χ2n) is 14.7. The van der Waals surface area contributed by atoms with Gasteiger partial charge in [-0.15, -0.1) is 0 Å². The molecule has 0 saturated heterocycles. The van der Waals surface area contributed by atoms with Gasteiger partial charge in [0.15, 0.2) is 9.76 Å². The third-order valence-electron chi connectivity index (χ3n) is 9.76. The molecule has 5 nitrogen and oxygen atoms in total. The maximum Gasteiger partial charge on any atom is 0.261 e. The van der Waals surface area contributed by atoms with Crippen LogP contribution in [0.2, 0.25) is 5.04 Å². The maximum absolute atomic E-state index is 13.6. The largest absolute Gasteiger partial charge is 0.406 e. The zero-order valence-corrected chi connectivity index (χ0v) is 32.3. The van der Waals surface area contributed by atoms with E-state index in [0.717, 1.165) is 62.8 Å². The van der Waals surface area contributed by atoms with Crippen molar-refractivity contribution in [2.75, 3.05) is 11.4 Å². The molecular formula is C44H46N2O3SSi. The molecule has 0 spiro atoms. The monoisotopic (exact) mass is 710 g/mol. The lowest BCUT2D eigenvalue weighted by molar-refractivity contribution is 0.0641. The number of carbonyl (C=O) groups excluding carboxylic acids is 2. The minimum atomic E-state index is -1.07. The van der Waals surface area contributed by atoms with Crippen LogP contribution in [-0.4, -0.2) is 33.0 Å². The number of rotatable bonds is 12. The van der Waals surface area contributed by atoms with E-state index >= 15 is 0 Å². The molecule has 0 N–H and O–H groups in total. The summed E-state index contributed by atoms with van der Waals surface area (Å²) in [5, 5.41) is 0.0499. The van der Waals surface area contributed by atoms with E-state index in [2.05, 4.69) is 130 Å². The molecule has 2 aliphatic rings. The highest BCUT2D eigenvalue weighted by Gasteiger charge is 2.43. The van der Waals surface area contributed by atoms with Crippen LogP contribution in [0.25, 0.3) is 0 Å². The van der Waals surface area contributed by atoms with Crippen molar-refractivity contribution in [1.29, 1.82) is 0 Å². The molecule has 0 unspecified atom stereocenters. The van der Waals surface area contributed by atoms with E-state index in [1.165, 1.54) is 17.7 Å². The minimum Gasteiger partial charge on any atom is -0.406 e. The van der Waals surface area contributed by atoms with Crippen molar-refractivity contribution in [2.45, 2.75) is 80.4 Å². The molecule has 0 aromatic heterocycles. The van der Waals surface area contributed by atoms with Crippen LogP contribution in [0.3, 0.4) is 0 Å². The van der Waals surface area contributed by atoms with E-state index < -0.39 is 15.4 Å². The zero-order valence-electron chi connectivity index (χ0n) is 30.0. The Morgan fingerprint density at radius 3 is 1.78 bits per heavy atom. The number of hydrogen-bond acceptors (Lipinski definition) is 5. The topological polar surface area (TPSA) is 49.9 Å². The molecule has 7 heteroatoms. The number of benzene rings is 5. The van der Waals surface area contributed by atoms with Crippen LogP contribution < -0.4 is 4.90 Å². The van der Waals surface area contributed by atoms with Crippen LogP contribution in [0.1, 0.15) is 96.3 Å². The Bertz CT molecular complexity index is 1970. The Kier molecular flexibility index (Phi) is 10.1. The molecule has 0 saturated carbocycles. The van der Waals surface area contributed by atoms with Crippen molar-refractivity contribution in [3.05, 3.63) is 155 Å². The second kappa shape index (κ2) is 14.7. The molecule has 0 fully saturated rings. The molecule has 0 radical (unpaired) electrons. The van der Waals surface area contributed by atoms with Gasteiger partial charge in [0, 0.05) is 21.9 Å². The summed E-state index contributed by atoms with van der Waals surface area (Å²) in [4.78, 5) is 33.2. The molecule has 0 atom stereocenters. The fourth-order valence-corrected chi connectivity index (χ4v) is 9.76. The lowest BCUT2D eigenvalue weighted by Crippen LogP contribution is -2.37. The van der Waals surface area contributed by atoms with Gasteiger partial charge in [-0.3, -0.25) is 14.5 Å². The number of hydrogen-bond donors (Lipinski definition) is 0. The fourth-order valence-electron chi connectivity index (χ4n) is 7.26. The Balaban J connectivity index is 1.41. The first-order chi connectivity index (χ1) is 24.7. The van der Waals surface area contributed by atoms with Crippen LogP contribution in [0.5, 0.6) is 0 Å². The average Bonchev–Trinajstić information content (AvgIpc) is 3.38. The SMILES string of the molecule is CCCCCCN1c2cccc(CN3C(=O)c4ccccc4C3=O)c2Sc2c1cccc2C(O[SiH2]C(C)(C)C)(c1ccccc1)c1ccccc1. The first kappa shape index (κ1) is 35.0. The molecule has 0 bridgehead atoms. The van der Waals surface area contributed by atoms with Crippen LogP contribution >= 0.6 is 11.8 Å². The van der Waals surface area contributed by atoms with Crippen LogP contribution in [0.4, 0.5) is 11.4 Å². The number of amides is 2. The van der Waals surface area contributed by atoms with Gasteiger partial charge in [-0.25, -0.2) is 0 Å². The molecule has 2 amide bonds. The van der Waals surface area contributed by atoms with Gasteiger partial charge in [-0.1, -0.05) is 156 Å². The van der Waals surface area contributed by atoms with Crippen LogP contribution in [0, 0.1) is 0 Å². The van der Waals surface area contributed by atoms with Gasteiger partial charge in [0.2, 0.25) is 0 Å². The Morgan fingerprint density at radius 1 is 0.627 bits per heavy atom. The van der Waals surface area contributed by atoms with Crippen LogP contribution in [0.15, 0.2) is 131 Å². The van der Waals surface area contributed by atoms with Gasteiger partial charge in [0.25, 0.3) is 11.8 Å². The number of nitrogens with zero attached hydrogens (tertiary/aromatic N) is 2. The fraction of sp³-hybridized carbons (Fsp3) is 0.273. The van der Waals surface area contributed by atoms with Gasteiger partial charge in [-0.05, 0) is 52.4 Å². The summed E-state index contributed by atoms with van der Waals surface area (Å²) in [7, 11) is -1.07. The quantitative estimate of drug-likeness (QED) is 0.0558. The third kappa shape index (κ3) is 6.71. The number of unbranched alkanes of at least 4 members (excludes halogenated alkanes) is 3. The predicted molar refractivity (Wildman–Crippen MR) is 211 cm³/mol. The van der Waals surface area contributed by atoms with E-state index in [4.69, 9.17) is 4.43 Å². The van der Waals surface area contributed by atoms with Gasteiger partial charge in [0.1, 0.15) is 5.60 Å². The number of fused-ring (bicyclic) bond motifs is 3. The lowest BCUT2D eigenvalue weighted by Gasteiger charge is -2.42. The molecule has 5 aromatic rings. The molecule has 51 heavy (non-hydrogen) atoms. The van der Waals surface area contributed by atoms with Gasteiger partial charge in [0.05, 0.1) is 29.0 Å². The number of anilines is 2. The predicted octanol–water partition coefficient (Wildman–Crippen LogP) is 10.3. The summed E-state index contributed by atoms with van der Waals surface area (Å²) < 4.78 is 7.47. The summed E-state index contributed by atoms with van der Waals surface area (Å²) in [6, 6.07) is 41.5. The van der Waals surface area contributed by atoms with Crippen molar-refractivity contribution in [2.24, 2.45) is 0 Å². The average molecular weight is 711 g/mol. The van der Waals surface area contributed by atoms with Gasteiger partial charge >= 0.3 is 0 Å². The van der Waals surface area contributed by atoms with Crippen LogP contribution in [-0.2, 0) is 16.6 Å². The lowest BCUT2D eigenvalue weighted by atomic mass is 9.80. The molecule has 260 valence electrons. The second-order valence-corrected chi connectivity index (χ2v) is 18.5. The Labute approximate surface area is 309 Å². The number of imide groups is 1. The first-order valence-electron chi connectivity index (χ1n) is 18.1. The highest BCUT2D eigenvalue weighted by Crippen LogP contribution is 2.55. The molecule has 2 aliphatic heterocycles. The van der Waals surface area contributed by atoms with Crippen molar-refractivity contribution in [1.82, 2.24) is 4.90 Å². The molecule has 7 rings (SSSR count). The molecule has 5 aromatic carbocycles. The van der Waals surface area contributed by atoms with Gasteiger partial charge in [-0.2, -0.15) is 0 Å². The first-order valence-corrected chi connectivity index (χ1v) is 20.2. The summed E-state index contributed by atoms with van der Waals surface area (Å²) in [6.07, 6.45) is 4.57.